The molecule has 19 heteroatoms. The SMILES string of the molecule is CC[C@H](C)[C@@H]([C@@H](CC(=O)N1CCC[C@H]1[C@H](OC)[C@@H](C)C(=O)N[C@H](C)[C@@H](OP(=O)(O)OCc1ccc(NC(=O)CNC)cc1)c1ccccc1)OC)N(C)C(=O)[C@@H](NC(=O)[C@H](C(C)C)N(C)C)C(C)C. The fourth-order valence-corrected chi connectivity index (χ4v) is 10.3. The van der Waals surface area contributed by atoms with Gasteiger partial charge in [0.15, 0.2) is 0 Å². The highest BCUT2D eigenvalue weighted by Crippen LogP contribution is 2.49. The van der Waals surface area contributed by atoms with Crippen LogP contribution < -0.4 is 21.3 Å². The first kappa shape index (κ1) is 59.1. The molecule has 5 N–H and O–H groups in total. The number of likely N-dealkylation sites (N-methyl/N-ethyl adjacent to an activating group) is 3. The van der Waals surface area contributed by atoms with Crippen LogP contribution in [-0.2, 0) is 53.7 Å². The number of phosphoric acid groups is 1. The van der Waals surface area contributed by atoms with Crippen LogP contribution >= 0.6 is 7.82 Å². The lowest BCUT2D eigenvalue weighted by Gasteiger charge is -2.41. The molecule has 0 spiro atoms. The van der Waals surface area contributed by atoms with Crippen molar-refractivity contribution in [3.05, 3.63) is 65.7 Å². The maximum Gasteiger partial charge on any atom is 0.473 e. The Bertz CT molecular complexity index is 1980. The molecular formula is C50H82N7O11P. The molecule has 0 bridgehead atoms. The second kappa shape index (κ2) is 28.0. The number of hydrogen-bond donors (Lipinski definition) is 5. The number of likely N-dealkylation sites (tertiary alicyclic amines) is 1. The molecule has 1 aliphatic heterocycles. The molecule has 1 unspecified atom stereocenters. The van der Waals surface area contributed by atoms with Crippen molar-refractivity contribution in [1.82, 2.24) is 30.7 Å². The average Bonchev–Trinajstić information content (AvgIpc) is 3.79. The topological polar surface area (TPSA) is 217 Å². The summed E-state index contributed by atoms with van der Waals surface area (Å²) in [6.07, 6.45) is -0.605. The van der Waals surface area contributed by atoms with Gasteiger partial charge < -0.3 is 45.4 Å². The van der Waals surface area contributed by atoms with Crippen LogP contribution in [0.5, 0.6) is 0 Å². The third kappa shape index (κ3) is 16.9. The number of nitrogens with zero attached hydrogens (tertiary/aromatic N) is 3. The zero-order valence-corrected chi connectivity index (χ0v) is 44.3. The van der Waals surface area contributed by atoms with Crippen LogP contribution in [0.3, 0.4) is 0 Å². The van der Waals surface area contributed by atoms with E-state index in [-0.39, 0.29) is 61.0 Å². The molecule has 0 radical (unpaired) electrons. The lowest BCUT2D eigenvalue weighted by molar-refractivity contribution is -0.148. The number of carbonyl (C=O) groups excluding carboxylic acids is 5. The number of carbonyl (C=O) groups is 5. The third-order valence-electron chi connectivity index (χ3n) is 13.1. The molecular weight excluding hydrogens is 906 g/mol. The fraction of sp³-hybridized carbons (Fsp3) is 0.660. The lowest BCUT2D eigenvalue weighted by atomic mass is 9.89. The molecule has 3 rings (SSSR count). The van der Waals surface area contributed by atoms with Crippen LogP contribution in [0.2, 0.25) is 0 Å². The van der Waals surface area contributed by atoms with Crippen molar-refractivity contribution in [3.8, 4) is 0 Å². The quantitative estimate of drug-likeness (QED) is 0.0679. The second-order valence-corrected chi connectivity index (χ2v) is 20.6. The fourth-order valence-electron chi connectivity index (χ4n) is 9.31. The minimum Gasteiger partial charge on any atom is -0.379 e. The average molecular weight is 988 g/mol. The van der Waals surface area contributed by atoms with Gasteiger partial charge >= 0.3 is 7.82 Å². The molecule has 1 fully saturated rings. The Morgan fingerprint density at radius 2 is 1.51 bits per heavy atom. The maximum atomic E-state index is 14.4. The summed E-state index contributed by atoms with van der Waals surface area (Å²) in [5, 5.41) is 11.5. The molecule has 2 aromatic rings. The van der Waals surface area contributed by atoms with Gasteiger partial charge in [-0.15, -0.1) is 0 Å². The van der Waals surface area contributed by atoms with Gasteiger partial charge in [-0.1, -0.05) is 97.4 Å². The minimum absolute atomic E-state index is 0.0150. The summed E-state index contributed by atoms with van der Waals surface area (Å²) in [6.45, 7) is 15.5. The van der Waals surface area contributed by atoms with Gasteiger partial charge in [-0.25, -0.2) is 4.57 Å². The van der Waals surface area contributed by atoms with Crippen molar-refractivity contribution in [2.24, 2.45) is 23.7 Å². The van der Waals surface area contributed by atoms with E-state index < -0.39 is 68.2 Å². The summed E-state index contributed by atoms with van der Waals surface area (Å²) in [5.74, 6) is -2.39. The highest BCUT2D eigenvalue weighted by Gasteiger charge is 2.44. The van der Waals surface area contributed by atoms with Gasteiger partial charge in [-0.3, -0.25) is 37.9 Å². The van der Waals surface area contributed by atoms with E-state index >= 15 is 0 Å². The Kier molecular flexibility index (Phi) is 23.9. The van der Waals surface area contributed by atoms with E-state index in [9.17, 15) is 33.4 Å². The molecule has 0 aliphatic carbocycles. The first-order chi connectivity index (χ1) is 32.5. The number of phosphoric ester groups is 1. The summed E-state index contributed by atoms with van der Waals surface area (Å²) >= 11 is 0. The van der Waals surface area contributed by atoms with Crippen molar-refractivity contribution in [2.45, 2.75) is 136 Å². The maximum absolute atomic E-state index is 14.4. The smallest absolute Gasteiger partial charge is 0.379 e. The van der Waals surface area contributed by atoms with Crippen molar-refractivity contribution in [1.29, 1.82) is 0 Å². The summed E-state index contributed by atoms with van der Waals surface area (Å²) in [4.78, 5) is 84.6. The van der Waals surface area contributed by atoms with Crippen LogP contribution in [0.1, 0.15) is 98.3 Å². The van der Waals surface area contributed by atoms with Gasteiger partial charge in [0, 0.05) is 33.5 Å². The molecule has 1 aliphatic rings. The molecule has 1 heterocycles. The normalized spacial score (nSPS) is 18.9. The molecule has 388 valence electrons. The Morgan fingerprint density at radius 3 is 2.04 bits per heavy atom. The summed E-state index contributed by atoms with van der Waals surface area (Å²) in [7, 11) is 5.38. The molecule has 11 atom stereocenters. The van der Waals surface area contributed by atoms with Gasteiger partial charge in [0.05, 0.1) is 61.9 Å². The first-order valence-corrected chi connectivity index (χ1v) is 25.6. The molecule has 0 saturated carbocycles. The number of nitrogens with one attached hydrogen (secondary N) is 4. The van der Waals surface area contributed by atoms with Crippen LogP contribution in [0.25, 0.3) is 0 Å². The Balaban J connectivity index is 1.77. The van der Waals surface area contributed by atoms with Crippen molar-refractivity contribution in [2.75, 3.05) is 60.8 Å². The monoisotopic (exact) mass is 988 g/mol. The van der Waals surface area contributed by atoms with Gasteiger partial charge in [0.2, 0.25) is 29.5 Å². The number of ether oxygens (including phenoxy) is 2. The number of anilines is 1. The standard InChI is InChI=1S/C50H82N7O11P/c1-15-33(6)45(56(12)50(62)43(31(2)3)54-49(61)44(32(4)5)55(10)11)40(65-13)28-42(59)57-27-19-22-39(57)46(66-14)34(7)48(60)52-35(8)47(37-20-17-16-18-21-37)68-69(63,64)67-30-36-23-25-38(26-24-36)53-41(58)29-51-9/h16-18,20-21,23-26,31-35,39-40,43-47,51H,15,19,22,27-30H2,1-14H3,(H,52,60)(H,53,58)(H,54,61)(H,63,64)/t33-,34+,35+,39-,40+,43-,44-,45-,46+,47+/m0/s1. The Labute approximate surface area is 410 Å². The number of rotatable bonds is 28. The first-order valence-electron chi connectivity index (χ1n) is 24.1. The van der Waals surface area contributed by atoms with E-state index in [0.717, 1.165) is 0 Å². The van der Waals surface area contributed by atoms with E-state index in [0.29, 0.717) is 42.6 Å². The summed E-state index contributed by atoms with van der Waals surface area (Å²) in [6, 6.07) is 12.3. The van der Waals surface area contributed by atoms with E-state index in [1.54, 1.807) is 92.3 Å². The molecule has 5 amide bonds. The zero-order chi connectivity index (χ0) is 51.7. The Morgan fingerprint density at radius 1 is 0.870 bits per heavy atom. The van der Waals surface area contributed by atoms with E-state index in [1.165, 1.54) is 14.2 Å². The second-order valence-electron chi connectivity index (χ2n) is 19.2. The molecule has 18 nitrogen and oxygen atoms in total. The van der Waals surface area contributed by atoms with Crippen LogP contribution in [0.4, 0.5) is 5.69 Å². The largest absolute Gasteiger partial charge is 0.473 e. The highest BCUT2D eigenvalue weighted by atomic mass is 31.2. The van der Waals surface area contributed by atoms with Gasteiger partial charge in [0.25, 0.3) is 0 Å². The number of hydrogen-bond acceptors (Lipinski definition) is 12. The zero-order valence-electron chi connectivity index (χ0n) is 43.4. The van der Waals surface area contributed by atoms with Gasteiger partial charge in [-0.05, 0) is 81.9 Å². The highest BCUT2D eigenvalue weighted by molar-refractivity contribution is 7.47. The van der Waals surface area contributed by atoms with E-state index in [2.05, 4.69) is 21.3 Å². The number of methoxy groups -OCH3 is 2. The van der Waals surface area contributed by atoms with E-state index in [1.807, 2.05) is 60.5 Å². The summed E-state index contributed by atoms with van der Waals surface area (Å²) < 4.78 is 36.7. The van der Waals surface area contributed by atoms with Gasteiger partial charge in [0.1, 0.15) is 12.1 Å². The minimum atomic E-state index is -4.72. The lowest BCUT2D eigenvalue weighted by Crippen LogP contribution is -2.59. The van der Waals surface area contributed by atoms with Crippen molar-refractivity contribution in [3.63, 3.8) is 0 Å². The molecule has 0 aromatic heterocycles. The van der Waals surface area contributed by atoms with Crippen molar-refractivity contribution < 1.29 is 52.0 Å². The number of amides is 5. The van der Waals surface area contributed by atoms with Crippen molar-refractivity contribution >= 4 is 43.0 Å². The van der Waals surface area contributed by atoms with Crippen LogP contribution in [0, 0.1) is 23.7 Å². The third-order valence-corrected chi connectivity index (χ3v) is 14.1. The predicted octanol–water partition coefficient (Wildman–Crippen LogP) is 5.37. The molecule has 69 heavy (non-hydrogen) atoms. The van der Waals surface area contributed by atoms with E-state index in [4.69, 9.17) is 18.5 Å². The summed E-state index contributed by atoms with van der Waals surface area (Å²) in [5.41, 5.74) is 1.64. The van der Waals surface area contributed by atoms with Crippen LogP contribution in [0.15, 0.2) is 54.6 Å². The van der Waals surface area contributed by atoms with Gasteiger partial charge in [-0.2, -0.15) is 0 Å². The number of benzene rings is 2. The van der Waals surface area contributed by atoms with Crippen LogP contribution in [-0.4, -0.2) is 147 Å². The molecule has 1 saturated heterocycles. The predicted molar refractivity (Wildman–Crippen MR) is 267 cm³/mol. The Hall–Kier alpha value is -4.26. The molecule has 2 aromatic carbocycles.